The van der Waals surface area contributed by atoms with E-state index in [1.807, 2.05) is 19.9 Å². The maximum Gasteiger partial charge on any atom is 0.351 e. The van der Waals surface area contributed by atoms with Crippen LogP contribution < -0.4 is 22.4 Å². The van der Waals surface area contributed by atoms with E-state index in [-0.39, 0.29) is 61.4 Å². The number of aromatic nitrogens is 4. The van der Waals surface area contributed by atoms with E-state index >= 15 is 0 Å². The average Bonchev–Trinajstić information content (AvgIpc) is 3.70. The number of nitrogen functional groups attached to an aromatic ring is 1. The molecule has 3 aromatic rings. The Morgan fingerprint density at radius 1 is 0.896 bits per heavy atom. The fraction of sp³-hybridized carbons (Fsp3) is 0.457. The Balaban J connectivity index is 0.000000229. The Labute approximate surface area is 279 Å². The molecule has 2 aliphatic rings. The molecule has 3 N–H and O–H groups in total. The lowest BCUT2D eigenvalue weighted by molar-refractivity contribution is -0.0349. The summed E-state index contributed by atoms with van der Waals surface area (Å²) in [5.74, 6) is 5.06. The molecule has 6 atom stereocenters. The number of carbonyl (C=O) groups excluding carboxylic acids is 1. The number of rotatable bonds is 10. The summed E-state index contributed by atoms with van der Waals surface area (Å²) in [7, 11) is 0. The molecule has 1 aromatic carbocycles. The molecule has 0 saturated carbocycles. The SMILES string of the molecule is C#CCOC1C[C@H](n2cc(C)c(N)nc2=O)O[C@@H]1CC.C#CCOC1C[C@H](n2cc(C)c(NC(=O)c3ccccc3)nc2=O)O[C@@H]1CC. The highest BCUT2D eigenvalue weighted by Crippen LogP contribution is 2.33. The van der Waals surface area contributed by atoms with Gasteiger partial charge >= 0.3 is 11.4 Å². The lowest BCUT2D eigenvalue weighted by atomic mass is 10.1. The minimum atomic E-state index is -0.494. The van der Waals surface area contributed by atoms with E-state index in [1.54, 1.807) is 50.5 Å². The number of hydrogen-bond acceptors (Lipinski definition) is 10. The number of anilines is 2. The van der Waals surface area contributed by atoms with Crippen LogP contribution in [0, 0.1) is 38.5 Å². The second-order valence-electron chi connectivity index (χ2n) is 11.4. The smallest absolute Gasteiger partial charge is 0.351 e. The molecule has 2 aliphatic heterocycles. The molecule has 13 nitrogen and oxygen atoms in total. The van der Waals surface area contributed by atoms with E-state index in [4.69, 9.17) is 37.5 Å². The van der Waals surface area contributed by atoms with Crippen LogP contribution in [0.25, 0.3) is 0 Å². The van der Waals surface area contributed by atoms with Crippen molar-refractivity contribution < 1.29 is 23.7 Å². The molecule has 2 unspecified atom stereocenters. The van der Waals surface area contributed by atoms with E-state index in [1.165, 1.54) is 9.13 Å². The minimum Gasteiger partial charge on any atom is -0.383 e. The summed E-state index contributed by atoms with van der Waals surface area (Å²) in [6.07, 6.45) is 15.1. The van der Waals surface area contributed by atoms with Crippen molar-refractivity contribution in [3.05, 3.63) is 80.4 Å². The van der Waals surface area contributed by atoms with Crippen LogP contribution in [0.4, 0.5) is 11.6 Å². The van der Waals surface area contributed by atoms with Crippen LogP contribution in [0.3, 0.4) is 0 Å². The molecule has 2 saturated heterocycles. The number of aryl methyl sites for hydroxylation is 2. The first-order valence-electron chi connectivity index (χ1n) is 15.8. The number of amides is 1. The van der Waals surface area contributed by atoms with Gasteiger partial charge in [0, 0.05) is 41.9 Å². The van der Waals surface area contributed by atoms with Crippen LogP contribution in [0.2, 0.25) is 0 Å². The predicted molar refractivity (Wildman–Crippen MR) is 180 cm³/mol. The largest absolute Gasteiger partial charge is 0.383 e. The van der Waals surface area contributed by atoms with E-state index in [0.29, 0.717) is 24.0 Å². The molecule has 5 rings (SSSR count). The van der Waals surface area contributed by atoms with Gasteiger partial charge in [-0.2, -0.15) is 9.97 Å². The van der Waals surface area contributed by atoms with Gasteiger partial charge in [0.05, 0.1) is 24.4 Å². The van der Waals surface area contributed by atoms with Crippen molar-refractivity contribution in [1.29, 1.82) is 0 Å². The number of benzene rings is 1. The molecule has 0 spiro atoms. The molecule has 0 bridgehead atoms. The van der Waals surface area contributed by atoms with Gasteiger partial charge in [-0.25, -0.2) is 9.59 Å². The van der Waals surface area contributed by atoms with Gasteiger partial charge in [-0.05, 0) is 38.8 Å². The summed E-state index contributed by atoms with van der Waals surface area (Å²) < 4.78 is 26.0. The number of nitrogens with zero attached hydrogens (tertiary/aromatic N) is 4. The second-order valence-corrected chi connectivity index (χ2v) is 11.4. The van der Waals surface area contributed by atoms with Gasteiger partial charge in [0.25, 0.3) is 5.91 Å². The third-order valence-electron chi connectivity index (χ3n) is 8.12. The molecule has 0 radical (unpaired) electrons. The zero-order valence-electron chi connectivity index (χ0n) is 27.6. The summed E-state index contributed by atoms with van der Waals surface area (Å²) in [5, 5.41) is 2.69. The van der Waals surface area contributed by atoms with Crippen LogP contribution in [0.5, 0.6) is 0 Å². The Morgan fingerprint density at radius 2 is 1.40 bits per heavy atom. The summed E-state index contributed by atoms with van der Waals surface area (Å²) in [6, 6.07) is 8.76. The molecular weight excluding hydrogens is 616 g/mol. The normalized spacial score (nSPS) is 23.0. The van der Waals surface area contributed by atoms with Crippen molar-refractivity contribution in [1.82, 2.24) is 19.1 Å². The number of nitrogens with one attached hydrogen (secondary N) is 1. The van der Waals surface area contributed by atoms with Crippen molar-refractivity contribution in [2.75, 3.05) is 24.3 Å². The third kappa shape index (κ3) is 8.76. The summed E-state index contributed by atoms with van der Waals surface area (Å²) >= 11 is 0. The molecule has 2 fully saturated rings. The third-order valence-corrected chi connectivity index (χ3v) is 8.12. The molecule has 4 heterocycles. The average molecular weight is 659 g/mol. The van der Waals surface area contributed by atoms with Crippen LogP contribution in [-0.4, -0.2) is 62.6 Å². The van der Waals surface area contributed by atoms with Crippen molar-refractivity contribution in [2.45, 2.75) is 90.2 Å². The predicted octanol–water partition coefficient (Wildman–Crippen LogP) is 3.37. The fourth-order valence-corrected chi connectivity index (χ4v) is 5.58. The van der Waals surface area contributed by atoms with Gasteiger partial charge in [-0.15, -0.1) is 12.8 Å². The second kappa shape index (κ2) is 16.9. The van der Waals surface area contributed by atoms with E-state index in [0.717, 1.165) is 18.4 Å². The summed E-state index contributed by atoms with van der Waals surface area (Å²) in [6.45, 7) is 8.03. The lowest BCUT2D eigenvalue weighted by Crippen LogP contribution is -2.29. The first kappa shape index (κ1) is 36.1. The van der Waals surface area contributed by atoms with Crippen LogP contribution in [0.1, 0.15) is 73.5 Å². The number of terminal acetylenes is 2. The Morgan fingerprint density at radius 3 is 1.90 bits per heavy atom. The molecule has 48 heavy (non-hydrogen) atoms. The maximum absolute atomic E-state index is 12.6. The van der Waals surface area contributed by atoms with Crippen molar-refractivity contribution in [2.24, 2.45) is 0 Å². The number of hydrogen-bond donors (Lipinski definition) is 2. The van der Waals surface area contributed by atoms with E-state index in [9.17, 15) is 14.4 Å². The van der Waals surface area contributed by atoms with Crippen LogP contribution in [0.15, 0.2) is 52.3 Å². The Hall–Kier alpha value is -4.79. The van der Waals surface area contributed by atoms with Gasteiger partial charge in [0.15, 0.2) is 0 Å². The first-order chi connectivity index (χ1) is 23.1. The van der Waals surface area contributed by atoms with Gasteiger partial charge < -0.3 is 30.0 Å². The number of carbonyl (C=O) groups is 1. The van der Waals surface area contributed by atoms with Crippen molar-refractivity contribution in [3.63, 3.8) is 0 Å². The monoisotopic (exact) mass is 658 g/mol. The lowest BCUT2D eigenvalue weighted by Gasteiger charge is -2.17. The highest BCUT2D eigenvalue weighted by Gasteiger charge is 2.37. The van der Waals surface area contributed by atoms with Gasteiger partial charge in [-0.1, -0.05) is 43.9 Å². The first-order valence-corrected chi connectivity index (χ1v) is 15.8. The van der Waals surface area contributed by atoms with Crippen LogP contribution in [-0.2, 0) is 18.9 Å². The summed E-state index contributed by atoms with van der Waals surface area (Å²) in [4.78, 5) is 44.6. The van der Waals surface area contributed by atoms with E-state index in [2.05, 4.69) is 27.1 Å². The zero-order chi connectivity index (χ0) is 34.8. The Bertz CT molecular complexity index is 1760. The molecule has 254 valence electrons. The topological polar surface area (TPSA) is 162 Å². The molecule has 1 amide bonds. The van der Waals surface area contributed by atoms with Crippen molar-refractivity contribution in [3.8, 4) is 24.7 Å². The Kier molecular flexibility index (Phi) is 12.7. The standard InChI is InChI=1S/C21H23N3O4.C14H19N3O3/c1-4-11-27-17-12-18(28-16(17)5-2)24-13-14(3)19(23-21(24)26)22-20(25)15-9-7-6-8-10-15;1-4-6-19-11-7-12(20-10(11)5-2)17-8-9(3)13(15)16-14(17)18/h1,6-10,13,16-18H,5,11-12H2,2-3H3,(H,22,23,25,26);1,8,10-12H,5-7H2,2-3H3,(H2,15,16,18)/t16-,17?,18-;10-,11?,12-/m11/s1. The summed E-state index contributed by atoms with van der Waals surface area (Å²) in [5.41, 5.74) is 6.61. The number of nitrogens with two attached hydrogens (primary N) is 1. The highest BCUT2D eigenvalue weighted by atomic mass is 16.6. The maximum atomic E-state index is 12.6. The fourth-order valence-electron chi connectivity index (χ4n) is 5.58. The minimum absolute atomic E-state index is 0.0712. The molecule has 0 aliphatic carbocycles. The molecule has 13 heteroatoms. The van der Waals surface area contributed by atoms with Crippen LogP contribution >= 0.6 is 0 Å². The quantitative estimate of drug-likeness (QED) is 0.309. The van der Waals surface area contributed by atoms with Crippen molar-refractivity contribution >= 4 is 17.5 Å². The van der Waals surface area contributed by atoms with Gasteiger partial charge in [0.1, 0.15) is 37.3 Å². The van der Waals surface area contributed by atoms with Gasteiger partial charge in [0.2, 0.25) is 0 Å². The molecule has 2 aromatic heterocycles. The van der Waals surface area contributed by atoms with E-state index < -0.39 is 17.6 Å². The van der Waals surface area contributed by atoms with Gasteiger partial charge in [-0.3, -0.25) is 13.9 Å². The highest BCUT2D eigenvalue weighted by molar-refractivity contribution is 6.04. The zero-order valence-corrected chi connectivity index (χ0v) is 27.6. The number of ether oxygens (including phenoxy) is 4. The molecular formula is C35H42N6O7.